The fraction of sp³-hybridized carbons (Fsp3) is 0.182. The van der Waals surface area contributed by atoms with Gasteiger partial charge in [0.1, 0.15) is 11.9 Å². The van der Waals surface area contributed by atoms with E-state index in [4.69, 9.17) is 10.8 Å². The van der Waals surface area contributed by atoms with Gasteiger partial charge in [-0.3, -0.25) is 4.79 Å². The van der Waals surface area contributed by atoms with Crippen LogP contribution < -0.4 is 5.73 Å². The molecule has 0 aliphatic carbocycles. The number of aromatic nitrogens is 2. The first kappa shape index (κ1) is 13.1. The molecule has 2 rings (SSSR count). The Morgan fingerprint density at radius 2 is 2.39 bits per heavy atom. The summed E-state index contributed by atoms with van der Waals surface area (Å²) in [5.74, 6) is -0.616. The van der Waals surface area contributed by atoms with Gasteiger partial charge >= 0.3 is 5.97 Å². The molecule has 1 unspecified atom stereocenters. The van der Waals surface area contributed by atoms with Crippen LogP contribution >= 0.6 is 27.3 Å². The standard InChI is InChI=1S/C11H10BrN3O2S/c12-6-3-9(18-5-6)8-1-2-14-10(15-8)4-7(13)11(16)17/h1-3,5,7H,4,13H2,(H,16,17). The van der Waals surface area contributed by atoms with E-state index >= 15 is 0 Å². The second kappa shape index (κ2) is 5.55. The molecular weight excluding hydrogens is 318 g/mol. The van der Waals surface area contributed by atoms with Crippen molar-refractivity contribution in [1.82, 2.24) is 9.97 Å². The number of aliphatic carboxylic acids is 1. The number of nitrogens with two attached hydrogens (primary N) is 1. The van der Waals surface area contributed by atoms with Gasteiger partial charge in [-0.05, 0) is 28.1 Å². The highest BCUT2D eigenvalue weighted by molar-refractivity contribution is 9.10. The normalized spacial score (nSPS) is 12.3. The van der Waals surface area contributed by atoms with E-state index in [9.17, 15) is 4.79 Å². The van der Waals surface area contributed by atoms with E-state index in [0.717, 1.165) is 15.0 Å². The number of rotatable bonds is 4. The zero-order chi connectivity index (χ0) is 13.1. The SMILES string of the molecule is NC(Cc1nccc(-c2cc(Br)cs2)n1)C(=O)O. The van der Waals surface area contributed by atoms with Crippen molar-refractivity contribution in [2.45, 2.75) is 12.5 Å². The topological polar surface area (TPSA) is 89.1 Å². The summed E-state index contributed by atoms with van der Waals surface area (Å²) >= 11 is 4.93. The van der Waals surface area contributed by atoms with Gasteiger partial charge in [-0.2, -0.15) is 0 Å². The van der Waals surface area contributed by atoms with Crippen molar-refractivity contribution in [1.29, 1.82) is 0 Å². The van der Waals surface area contributed by atoms with Crippen LogP contribution in [0.25, 0.3) is 10.6 Å². The monoisotopic (exact) mass is 327 g/mol. The zero-order valence-electron chi connectivity index (χ0n) is 9.21. The Hall–Kier alpha value is -1.31. The molecule has 0 aliphatic heterocycles. The van der Waals surface area contributed by atoms with E-state index in [1.54, 1.807) is 23.6 Å². The molecule has 2 aromatic heterocycles. The summed E-state index contributed by atoms with van der Waals surface area (Å²) in [5.41, 5.74) is 6.23. The Bertz CT molecular complexity index is 573. The Labute approximate surface area is 116 Å². The molecule has 0 bridgehead atoms. The van der Waals surface area contributed by atoms with Gasteiger partial charge in [0.05, 0.1) is 10.6 Å². The number of nitrogens with zero attached hydrogens (tertiary/aromatic N) is 2. The van der Waals surface area contributed by atoms with Crippen molar-refractivity contribution < 1.29 is 9.90 Å². The molecule has 0 fully saturated rings. The molecule has 0 saturated heterocycles. The van der Waals surface area contributed by atoms with Crippen LogP contribution in [0.15, 0.2) is 28.2 Å². The molecule has 94 valence electrons. The average molecular weight is 328 g/mol. The predicted molar refractivity (Wildman–Crippen MR) is 72.4 cm³/mol. The van der Waals surface area contributed by atoms with Crippen LogP contribution in [0.1, 0.15) is 5.82 Å². The van der Waals surface area contributed by atoms with E-state index in [1.165, 1.54) is 0 Å². The van der Waals surface area contributed by atoms with Gasteiger partial charge in [-0.15, -0.1) is 11.3 Å². The van der Waals surface area contributed by atoms with Crippen LogP contribution in [-0.4, -0.2) is 27.1 Å². The first-order valence-corrected chi connectivity index (χ1v) is 6.78. The van der Waals surface area contributed by atoms with Crippen LogP contribution in [0.2, 0.25) is 0 Å². The number of thiophene rings is 1. The zero-order valence-corrected chi connectivity index (χ0v) is 11.6. The number of carbonyl (C=O) groups is 1. The number of carboxylic acid groups (broad SMARTS) is 1. The lowest BCUT2D eigenvalue weighted by molar-refractivity contribution is -0.138. The summed E-state index contributed by atoms with van der Waals surface area (Å²) < 4.78 is 0.991. The van der Waals surface area contributed by atoms with Gasteiger partial charge < -0.3 is 10.8 Å². The van der Waals surface area contributed by atoms with E-state index in [1.807, 2.05) is 11.4 Å². The van der Waals surface area contributed by atoms with E-state index in [-0.39, 0.29) is 6.42 Å². The van der Waals surface area contributed by atoms with Crippen molar-refractivity contribution >= 4 is 33.2 Å². The van der Waals surface area contributed by atoms with Gasteiger partial charge in [0.25, 0.3) is 0 Å². The lowest BCUT2D eigenvalue weighted by Crippen LogP contribution is -2.32. The number of hydrogen-bond donors (Lipinski definition) is 2. The predicted octanol–water partition coefficient (Wildman–Crippen LogP) is 1.92. The minimum absolute atomic E-state index is 0.121. The molecule has 0 aromatic carbocycles. The highest BCUT2D eigenvalue weighted by Crippen LogP contribution is 2.28. The molecule has 5 nitrogen and oxygen atoms in total. The maximum absolute atomic E-state index is 10.7. The summed E-state index contributed by atoms with van der Waals surface area (Å²) in [4.78, 5) is 20.0. The van der Waals surface area contributed by atoms with Gasteiger partial charge in [0.2, 0.25) is 0 Å². The van der Waals surface area contributed by atoms with Crippen molar-refractivity contribution in [3.05, 3.63) is 34.0 Å². The number of carboxylic acids is 1. The molecule has 0 amide bonds. The maximum atomic E-state index is 10.7. The average Bonchev–Trinajstić information content (AvgIpc) is 2.76. The molecular formula is C11H10BrN3O2S. The third-order valence-electron chi connectivity index (χ3n) is 2.25. The van der Waals surface area contributed by atoms with Gasteiger partial charge in [0, 0.05) is 22.5 Å². The summed E-state index contributed by atoms with van der Waals surface area (Å²) in [6, 6.07) is 2.76. The maximum Gasteiger partial charge on any atom is 0.320 e. The highest BCUT2D eigenvalue weighted by atomic mass is 79.9. The third kappa shape index (κ3) is 3.12. The van der Waals surface area contributed by atoms with E-state index < -0.39 is 12.0 Å². The van der Waals surface area contributed by atoms with Gasteiger partial charge in [-0.25, -0.2) is 9.97 Å². The van der Waals surface area contributed by atoms with Crippen LogP contribution in [-0.2, 0) is 11.2 Å². The quantitative estimate of drug-likeness (QED) is 0.895. The van der Waals surface area contributed by atoms with Crippen molar-refractivity contribution in [2.24, 2.45) is 5.73 Å². The van der Waals surface area contributed by atoms with Crippen LogP contribution in [0.5, 0.6) is 0 Å². The highest BCUT2D eigenvalue weighted by Gasteiger charge is 2.14. The third-order valence-corrected chi connectivity index (χ3v) is 3.96. The fourth-order valence-corrected chi connectivity index (χ4v) is 2.76. The fourth-order valence-electron chi connectivity index (χ4n) is 1.37. The second-order valence-corrected chi connectivity index (χ2v) is 5.46. The van der Waals surface area contributed by atoms with E-state index in [2.05, 4.69) is 25.9 Å². The molecule has 0 saturated carbocycles. The summed E-state index contributed by atoms with van der Waals surface area (Å²) in [5, 5.41) is 10.7. The molecule has 7 heteroatoms. The minimum atomic E-state index is -1.05. The van der Waals surface area contributed by atoms with Crippen LogP contribution in [0, 0.1) is 0 Å². The van der Waals surface area contributed by atoms with Crippen LogP contribution in [0.4, 0.5) is 0 Å². The molecule has 2 heterocycles. The smallest absolute Gasteiger partial charge is 0.320 e. The van der Waals surface area contributed by atoms with Gasteiger partial charge in [-0.1, -0.05) is 0 Å². The molecule has 18 heavy (non-hydrogen) atoms. The lowest BCUT2D eigenvalue weighted by Gasteiger charge is -2.05. The van der Waals surface area contributed by atoms with E-state index in [0.29, 0.717) is 5.82 Å². The largest absolute Gasteiger partial charge is 0.480 e. The Kier molecular flexibility index (Phi) is 4.05. The first-order chi connectivity index (χ1) is 8.56. The van der Waals surface area contributed by atoms with Crippen molar-refractivity contribution in [2.75, 3.05) is 0 Å². The van der Waals surface area contributed by atoms with Gasteiger partial charge in [0.15, 0.2) is 0 Å². The number of halogens is 1. The van der Waals surface area contributed by atoms with Crippen molar-refractivity contribution in [3.63, 3.8) is 0 Å². The number of hydrogen-bond acceptors (Lipinski definition) is 5. The Balaban J connectivity index is 2.22. The Morgan fingerprint density at radius 1 is 1.61 bits per heavy atom. The Morgan fingerprint density at radius 3 is 3.00 bits per heavy atom. The first-order valence-electron chi connectivity index (χ1n) is 5.11. The second-order valence-electron chi connectivity index (χ2n) is 3.64. The molecule has 3 N–H and O–H groups in total. The summed E-state index contributed by atoms with van der Waals surface area (Å²) in [7, 11) is 0. The lowest BCUT2D eigenvalue weighted by atomic mass is 10.2. The molecule has 2 aromatic rings. The minimum Gasteiger partial charge on any atom is -0.480 e. The summed E-state index contributed by atoms with van der Waals surface area (Å²) in [6.45, 7) is 0. The van der Waals surface area contributed by atoms with Crippen molar-refractivity contribution in [3.8, 4) is 10.6 Å². The molecule has 0 spiro atoms. The molecule has 0 radical (unpaired) electrons. The van der Waals surface area contributed by atoms with Crippen LogP contribution in [0.3, 0.4) is 0 Å². The summed E-state index contributed by atoms with van der Waals surface area (Å²) in [6.07, 6.45) is 1.73. The molecule has 1 atom stereocenters. The molecule has 0 aliphatic rings.